The van der Waals surface area contributed by atoms with Gasteiger partial charge in [-0.3, -0.25) is 4.98 Å². The molecule has 2 heterocycles. The fraction of sp³-hybridized carbons (Fsp3) is 0.643. The molecule has 1 N–H and O–H groups in total. The topological polar surface area (TPSA) is 28.2 Å². The molecular formula is C14H23N3. The van der Waals surface area contributed by atoms with Gasteiger partial charge in [0.2, 0.25) is 0 Å². The minimum Gasteiger partial charge on any atom is -0.305 e. The summed E-state index contributed by atoms with van der Waals surface area (Å²) in [6.07, 6.45) is 4.46. The molecule has 0 spiro atoms. The molecule has 1 aliphatic rings. The van der Waals surface area contributed by atoms with Gasteiger partial charge in [0.25, 0.3) is 0 Å². The molecule has 0 aromatic carbocycles. The van der Waals surface area contributed by atoms with E-state index >= 15 is 0 Å². The molecule has 0 amide bonds. The second-order valence-corrected chi connectivity index (χ2v) is 4.88. The van der Waals surface area contributed by atoms with E-state index in [0.29, 0.717) is 12.1 Å². The van der Waals surface area contributed by atoms with Crippen molar-refractivity contribution in [1.29, 1.82) is 0 Å². The van der Waals surface area contributed by atoms with E-state index in [-0.39, 0.29) is 0 Å². The Morgan fingerprint density at radius 3 is 3.12 bits per heavy atom. The van der Waals surface area contributed by atoms with Crippen molar-refractivity contribution in [3.8, 4) is 0 Å². The molecule has 2 atom stereocenters. The number of nitrogens with one attached hydrogen (secondary N) is 1. The van der Waals surface area contributed by atoms with Gasteiger partial charge in [0.1, 0.15) is 0 Å². The van der Waals surface area contributed by atoms with Crippen LogP contribution in [-0.4, -0.2) is 35.6 Å². The number of hydrogen-bond donors (Lipinski definition) is 1. The summed E-state index contributed by atoms with van der Waals surface area (Å²) >= 11 is 0. The van der Waals surface area contributed by atoms with E-state index in [1.54, 1.807) is 0 Å². The lowest BCUT2D eigenvalue weighted by Gasteiger charge is -2.34. The lowest BCUT2D eigenvalue weighted by atomic mass is 10.0. The van der Waals surface area contributed by atoms with Crippen LogP contribution in [0, 0.1) is 0 Å². The van der Waals surface area contributed by atoms with Gasteiger partial charge < -0.3 is 10.2 Å². The summed E-state index contributed by atoms with van der Waals surface area (Å²) in [6.45, 7) is 8.04. The van der Waals surface area contributed by atoms with Crippen LogP contribution in [0.2, 0.25) is 0 Å². The Bertz CT molecular complexity index is 325. The van der Waals surface area contributed by atoms with E-state index in [1.165, 1.54) is 25.9 Å². The average Bonchev–Trinajstić information content (AvgIpc) is 2.40. The predicted molar refractivity (Wildman–Crippen MR) is 70.9 cm³/mol. The Kier molecular flexibility index (Phi) is 4.51. The molecule has 0 radical (unpaired) electrons. The number of likely N-dealkylation sites (tertiary alicyclic amines) is 1. The van der Waals surface area contributed by atoms with Gasteiger partial charge in [0.05, 0.1) is 5.69 Å². The zero-order valence-electron chi connectivity index (χ0n) is 10.9. The van der Waals surface area contributed by atoms with Crippen LogP contribution < -0.4 is 5.32 Å². The van der Waals surface area contributed by atoms with E-state index in [9.17, 15) is 0 Å². The summed E-state index contributed by atoms with van der Waals surface area (Å²) in [5, 5.41) is 3.70. The normalized spacial score (nSPS) is 23.5. The molecule has 0 saturated carbocycles. The van der Waals surface area contributed by atoms with Crippen molar-refractivity contribution < 1.29 is 0 Å². The second kappa shape index (κ2) is 6.12. The summed E-state index contributed by atoms with van der Waals surface area (Å²) in [5.41, 5.74) is 1.14. The Morgan fingerprint density at radius 2 is 2.41 bits per heavy atom. The Labute approximate surface area is 104 Å². The van der Waals surface area contributed by atoms with Crippen LogP contribution in [0.3, 0.4) is 0 Å². The summed E-state index contributed by atoms with van der Waals surface area (Å²) in [5.74, 6) is 0. The number of piperidine rings is 1. The Morgan fingerprint density at radius 1 is 1.53 bits per heavy atom. The van der Waals surface area contributed by atoms with Crippen molar-refractivity contribution in [1.82, 2.24) is 15.2 Å². The van der Waals surface area contributed by atoms with E-state index < -0.39 is 0 Å². The highest BCUT2D eigenvalue weighted by atomic mass is 15.2. The van der Waals surface area contributed by atoms with Crippen LogP contribution in [0.1, 0.15) is 38.4 Å². The molecule has 2 unspecified atom stereocenters. The number of hydrogen-bond acceptors (Lipinski definition) is 3. The van der Waals surface area contributed by atoms with E-state index in [2.05, 4.69) is 41.2 Å². The van der Waals surface area contributed by atoms with Crippen LogP contribution in [0.15, 0.2) is 24.4 Å². The lowest BCUT2D eigenvalue weighted by Crippen LogP contribution is -2.46. The Balaban J connectivity index is 1.88. The van der Waals surface area contributed by atoms with Crippen molar-refractivity contribution in [2.75, 3.05) is 19.6 Å². The number of likely N-dealkylation sites (N-methyl/N-ethyl adjacent to an activating group) is 1. The van der Waals surface area contributed by atoms with Gasteiger partial charge in [0, 0.05) is 24.8 Å². The fourth-order valence-electron chi connectivity index (χ4n) is 2.55. The van der Waals surface area contributed by atoms with E-state index in [4.69, 9.17) is 0 Å². The maximum absolute atomic E-state index is 4.41. The molecule has 94 valence electrons. The summed E-state index contributed by atoms with van der Waals surface area (Å²) in [7, 11) is 0. The third-order valence-corrected chi connectivity index (χ3v) is 3.57. The number of nitrogens with zero attached hydrogens (tertiary/aromatic N) is 2. The van der Waals surface area contributed by atoms with Gasteiger partial charge in [-0.1, -0.05) is 13.0 Å². The molecule has 17 heavy (non-hydrogen) atoms. The third-order valence-electron chi connectivity index (χ3n) is 3.57. The first-order chi connectivity index (χ1) is 8.29. The van der Waals surface area contributed by atoms with Gasteiger partial charge in [-0.25, -0.2) is 0 Å². The summed E-state index contributed by atoms with van der Waals surface area (Å²) < 4.78 is 0. The van der Waals surface area contributed by atoms with Crippen molar-refractivity contribution in [3.05, 3.63) is 30.1 Å². The molecule has 1 saturated heterocycles. The van der Waals surface area contributed by atoms with Gasteiger partial charge in [-0.05, 0) is 45.0 Å². The van der Waals surface area contributed by atoms with Crippen LogP contribution in [0.25, 0.3) is 0 Å². The first-order valence-corrected chi connectivity index (χ1v) is 6.69. The minimum absolute atomic E-state index is 0.345. The molecule has 1 aliphatic heterocycles. The number of aromatic nitrogens is 1. The zero-order valence-corrected chi connectivity index (χ0v) is 10.9. The monoisotopic (exact) mass is 233 g/mol. The highest BCUT2D eigenvalue weighted by Crippen LogP contribution is 2.15. The number of rotatable bonds is 4. The highest BCUT2D eigenvalue weighted by molar-refractivity contribution is 5.08. The van der Waals surface area contributed by atoms with Crippen molar-refractivity contribution in [2.24, 2.45) is 0 Å². The largest absolute Gasteiger partial charge is 0.305 e. The predicted octanol–water partition coefficient (Wildman–Crippen LogP) is 2.22. The Hall–Kier alpha value is -0.930. The lowest BCUT2D eigenvalue weighted by molar-refractivity contribution is 0.191. The quantitative estimate of drug-likeness (QED) is 0.864. The minimum atomic E-state index is 0.345. The smallest absolute Gasteiger partial charge is 0.0570 e. The van der Waals surface area contributed by atoms with Gasteiger partial charge >= 0.3 is 0 Å². The fourth-order valence-corrected chi connectivity index (χ4v) is 2.55. The molecular weight excluding hydrogens is 210 g/mol. The van der Waals surface area contributed by atoms with Crippen LogP contribution >= 0.6 is 0 Å². The maximum Gasteiger partial charge on any atom is 0.0570 e. The molecule has 2 rings (SSSR count). The van der Waals surface area contributed by atoms with Gasteiger partial charge in [0.15, 0.2) is 0 Å². The summed E-state index contributed by atoms with van der Waals surface area (Å²) in [6, 6.07) is 7.08. The molecule has 1 aromatic heterocycles. The first-order valence-electron chi connectivity index (χ1n) is 6.69. The number of pyridine rings is 1. The van der Waals surface area contributed by atoms with Crippen molar-refractivity contribution >= 4 is 0 Å². The van der Waals surface area contributed by atoms with Gasteiger partial charge in [-0.2, -0.15) is 0 Å². The highest BCUT2D eigenvalue weighted by Gasteiger charge is 2.20. The first kappa shape index (κ1) is 12.5. The van der Waals surface area contributed by atoms with Gasteiger partial charge in [-0.15, -0.1) is 0 Å². The van der Waals surface area contributed by atoms with Crippen LogP contribution in [-0.2, 0) is 0 Å². The molecule has 1 aromatic rings. The van der Waals surface area contributed by atoms with Crippen LogP contribution in [0.4, 0.5) is 0 Å². The third kappa shape index (κ3) is 3.51. The van der Waals surface area contributed by atoms with E-state index in [1.807, 2.05) is 12.3 Å². The van der Waals surface area contributed by atoms with E-state index in [0.717, 1.165) is 12.2 Å². The SMILES string of the molecule is CCN1CCCC(NC(C)c2ccccn2)C1. The van der Waals surface area contributed by atoms with Crippen LogP contribution in [0.5, 0.6) is 0 Å². The standard InChI is InChI=1S/C14H23N3/c1-3-17-10-6-7-13(11-17)16-12(2)14-8-4-5-9-15-14/h4-5,8-9,12-13,16H,3,6-7,10-11H2,1-2H3. The molecule has 3 heteroatoms. The second-order valence-electron chi connectivity index (χ2n) is 4.88. The maximum atomic E-state index is 4.41. The van der Waals surface area contributed by atoms with Crippen molar-refractivity contribution in [2.45, 2.75) is 38.8 Å². The zero-order chi connectivity index (χ0) is 12.1. The molecule has 0 bridgehead atoms. The molecule has 3 nitrogen and oxygen atoms in total. The van der Waals surface area contributed by atoms with Crippen molar-refractivity contribution in [3.63, 3.8) is 0 Å². The average molecular weight is 233 g/mol. The summed E-state index contributed by atoms with van der Waals surface area (Å²) in [4.78, 5) is 6.93. The molecule has 0 aliphatic carbocycles. The molecule has 1 fully saturated rings.